The average Bonchev–Trinajstić information content (AvgIpc) is 0.720. The van der Waals surface area contributed by atoms with Crippen molar-refractivity contribution in [2.45, 2.75) is 103 Å². The van der Waals surface area contributed by atoms with Crippen LogP contribution in [0.1, 0.15) is 102 Å². The largest absolute Gasteiger partial charge is 0.489 e. The van der Waals surface area contributed by atoms with Crippen molar-refractivity contribution in [3.8, 4) is 69.0 Å². The Morgan fingerprint density at radius 1 is 0.254 bits per heavy atom. The van der Waals surface area contributed by atoms with Crippen molar-refractivity contribution in [1.29, 1.82) is 0 Å². The van der Waals surface area contributed by atoms with Gasteiger partial charge in [-0.05, 0) is 79.9 Å². The Labute approximate surface area is 664 Å². The summed E-state index contributed by atoms with van der Waals surface area (Å²) in [6, 6.07) is 112. The van der Waals surface area contributed by atoms with E-state index in [9.17, 15) is 10.2 Å². The van der Waals surface area contributed by atoms with E-state index >= 15 is 0 Å². The lowest BCUT2D eigenvalue weighted by atomic mass is 9.77. The summed E-state index contributed by atoms with van der Waals surface area (Å²) in [5.41, 5.74) is 11.4. The summed E-state index contributed by atoms with van der Waals surface area (Å²) in [6.07, 6.45) is -5.26. The van der Waals surface area contributed by atoms with Crippen molar-refractivity contribution in [2.75, 3.05) is 0 Å². The molecule has 0 spiro atoms. The molecule has 0 bridgehead atoms. The van der Waals surface area contributed by atoms with Crippen LogP contribution in [0.2, 0.25) is 0 Å². The first-order chi connectivity index (χ1) is 56.3. The van der Waals surface area contributed by atoms with Crippen LogP contribution in [0, 0.1) is 0 Å². The summed E-state index contributed by atoms with van der Waals surface area (Å²) in [6.45, 7) is 1.50. The van der Waals surface area contributed by atoms with Crippen LogP contribution in [0.4, 0.5) is 0 Å². The molecule has 0 unspecified atom stereocenters. The van der Waals surface area contributed by atoms with Gasteiger partial charge in [-0.2, -0.15) is 0 Å². The predicted molar refractivity (Wildman–Crippen MR) is 438 cm³/mol. The predicted octanol–water partition coefficient (Wildman–Crippen LogP) is 21.1. The number of hydrogen-bond acceptors (Lipinski definition) is 14. The second-order valence-electron chi connectivity index (χ2n) is 28.2. The van der Waals surface area contributed by atoms with Crippen LogP contribution < -0.4 is 56.8 Å². The van der Waals surface area contributed by atoms with Gasteiger partial charge in [0.05, 0.1) is 12.0 Å². The Morgan fingerprint density at radius 3 is 0.851 bits per heavy atom. The van der Waals surface area contributed by atoms with E-state index in [1.165, 1.54) is 0 Å². The first-order valence-corrected chi connectivity index (χ1v) is 38.4. The second kappa shape index (κ2) is 36.6. The van der Waals surface area contributed by atoms with Gasteiger partial charge in [-0.1, -0.05) is 303 Å². The molecule has 2 heterocycles. The van der Waals surface area contributed by atoms with Gasteiger partial charge in [0.25, 0.3) is 0 Å². The number of benzene rings is 14. The highest BCUT2D eigenvalue weighted by atomic mass is 16.6. The van der Waals surface area contributed by atoms with Gasteiger partial charge in [0.1, 0.15) is 107 Å². The molecule has 2 N–H and O–H groups in total. The maximum absolute atomic E-state index is 14.7. The van der Waals surface area contributed by atoms with Crippen molar-refractivity contribution in [2.24, 2.45) is 0 Å². The fourth-order valence-electron chi connectivity index (χ4n) is 14.3. The van der Waals surface area contributed by atoms with Crippen LogP contribution in [-0.4, -0.2) is 22.4 Å². The molecule has 0 aromatic heterocycles. The highest BCUT2D eigenvalue weighted by molar-refractivity contribution is 5.68. The average molecular weight is 1510 g/mol. The van der Waals surface area contributed by atoms with Crippen molar-refractivity contribution >= 4 is 0 Å². The molecule has 14 heteroatoms. The van der Waals surface area contributed by atoms with Crippen molar-refractivity contribution in [1.82, 2.24) is 0 Å². The molecule has 114 heavy (non-hydrogen) atoms. The zero-order valence-corrected chi connectivity index (χ0v) is 62.9. The van der Waals surface area contributed by atoms with Crippen LogP contribution in [0.5, 0.6) is 69.0 Å². The molecule has 2 aliphatic rings. The molecule has 570 valence electrons. The lowest BCUT2D eigenvalue weighted by Gasteiger charge is -2.41. The fraction of sp³-hybridized carbons (Fsp3) is 0.160. The first-order valence-electron chi connectivity index (χ1n) is 38.4. The van der Waals surface area contributed by atoms with Crippen LogP contribution in [-0.2, 0) is 72.5 Å². The zero-order chi connectivity index (χ0) is 77.0. The van der Waals surface area contributed by atoms with Gasteiger partial charge in [0.2, 0.25) is 11.5 Å². The van der Waals surface area contributed by atoms with Gasteiger partial charge in [-0.25, -0.2) is 0 Å². The lowest BCUT2D eigenvalue weighted by molar-refractivity contribution is 0.000385. The van der Waals surface area contributed by atoms with Gasteiger partial charge >= 0.3 is 0 Å². The molecule has 16 rings (SSSR count). The number of ether oxygens (including phenoxy) is 12. The molecule has 0 aliphatic carbocycles. The van der Waals surface area contributed by atoms with Gasteiger partial charge in [-0.3, -0.25) is 0 Å². The van der Waals surface area contributed by atoms with Gasteiger partial charge in [-0.15, -0.1) is 0 Å². The maximum atomic E-state index is 14.7. The third kappa shape index (κ3) is 18.6. The van der Waals surface area contributed by atoms with Gasteiger partial charge in [0.15, 0.2) is 35.2 Å². The van der Waals surface area contributed by atoms with Crippen molar-refractivity contribution in [3.05, 3.63) is 429 Å². The number of rotatable bonds is 33. The summed E-state index contributed by atoms with van der Waals surface area (Å²) in [4.78, 5) is 0. The van der Waals surface area contributed by atoms with E-state index < -0.39 is 30.3 Å². The molecule has 14 nitrogen and oxygen atoms in total. The monoisotopic (exact) mass is 1510 g/mol. The first kappa shape index (κ1) is 74.7. The molecule has 14 aromatic carbocycles. The molecule has 0 amide bonds. The van der Waals surface area contributed by atoms with Crippen LogP contribution >= 0.6 is 0 Å². The Morgan fingerprint density at radius 2 is 0.526 bits per heavy atom. The second-order valence-corrected chi connectivity index (χ2v) is 28.2. The Kier molecular flexibility index (Phi) is 24.0. The van der Waals surface area contributed by atoms with Crippen LogP contribution in [0.3, 0.4) is 0 Å². The molecular weight excluding hydrogens is 1430 g/mol. The Bertz CT molecular complexity index is 5270. The maximum Gasteiger partial charge on any atom is 0.203 e. The standard InChI is InChI=1S/C100H86O14/c101-83-57-82-84(104-60-70-33-13-2-14-34-70)58-86(106-62-72-37-17-4-18-38-72)93(98(82)114-96(83)79-51-88(107-63-73-39-19-5-20-40-73)99(111-67-77-47-27-9-28-48-77)89(52-79)108-64-74-41-21-6-22-42-74)94-92-85(105-61-71-35-15-3-16-36-71)55-81(103-59-69-31-11-1-12-32-69)56-87(92)113-97(95(94)102)80-53-90(109-65-75-43-23-7-24-44-75)100(112-68-78-49-29-10-30-50-78)91(54-80)110-66-76-45-25-8-26-46-76/h1-56,58,83,94-97,101-102H,57,59-68H2/t83-,94-,95-,96+,97+/m0/s1. The van der Waals surface area contributed by atoms with Crippen molar-refractivity contribution < 1.29 is 67.1 Å². The van der Waals surface area contributed by atoms with E-state index in [1.807, 2.05) is 346 Å². The highest BCUT2D eigenvalue weighted by Crippen LogP contribution is 2.59. The minimum atomic E-state index is -1.56. The molecule has 0 radical (unpaired) electrons. The quantitative estimate of drug-likeness (QED) is 0.0401. The van der Waals surface area contributed by atoms with E-state index in [2.05, 4.69) is 0 Å². The SMILES string of the molecule is O[C@H]1[C@H](c2c(OCc3ccccc3)cc(OCc3ccccc3)c3c2O[C@H](c2cc(OCc4ccccc4)c(OCc4ccccc4)c(OCc4ccccc4)c2)[C@@H](O)C3)c2c(OCc3ccccc3)cc(OCc3ccccc3)cc2O[C@@H]1c1cc(OCc2ccccc2)c(OCc2ccccc2)c(OCc2ccccc2)c1. The third-order valence-corrected chi connectivity index (χ3v) is 20.1. The normalized spacial score (nSPS) is 15.3. The number of aliphatic hydroxyl groups excluding tert-OH is 2. The molecule has 0 fully saturated rings. The van der Waals surface area contributed by atoms with E-state index in [0.29, 0.717) is 91.1 Å². The third-order valence-electron chi connectivity index (χ3n) is 20.1. The topological polar surface area (TPSA) is 151 Å². The fourth-order valence-corrected chi connectivity index (χ4v) is 14.3. The number of aliphatic hydroxyl groups is 2. The molecule has 5 atom stereocenters. The number of hydrogen-bond donors (Lipinski definition) is 2. The van der Waals surface area contributed by atoms with Crippen molar-refractivity contribution in [3.63, 3.8) is 0 Å². The summed E-state index contributed by atoms with van der Waals surface area (Å²) in [7, 11) is 0. The van der Waals surface area contributed by atoms with E-state index in [-0.39, 0.29) is 78.2 Å². The minimum Gasteiger partial charge on any atom is -0.489 e. The van der Waals surface area contributed by atoms with E-state index in [4.69, 9.17) is 56.8 Å². The molecule has 0 saturated carbocycles. The summed E-state index contributed by atoms with van der Waals surface area (Å²) in [5, 5.41) is 28.0. The minimum absolute atomic E-state index is 0.0172. The summed E-state index contributed by atoms with van der Waals surface area (Å²) < 4.78 is 85.4. The molecular formula is C100H86O14. The molecule has 0 saturated heterocycles. The Balaban J connectivity index is 0.919. The van der Waals surface area contributed by atoms with Crippen LogP contribution in [0.25, 0.3) is 0 Å². The van der Waals surface area contributed by atoms with Gasteiger partial charge in [0, 0.05) is 52.4 Å². The Hall–Kier alpha value is -13.4. The number of fused-ring (bicyclic) bond motifs is 2. The lowest BCUT2D eigenvalue weighted by Crippen LogP contribution is -2.37. The van der Waals surface area contributed by atoms with Gasteiger partial charge < -0.3 is 67.1 Å². The van der Waals surface area contributed by atoms with E-state index in [0.717, 1.165) is 55.6 Å². The summed E-state index contributed by atoms with van der Waals surface area (Å²) >= 11 is 0. The highest BCUT2D eigenvalue weighted by Gasteiger charge is 2.48. The molecule has 2 aliphatic heterocycles. The smallest absolute Gasteiger partial charge is 0.203 e. The summed E-state index contributed by atoms with van der Waals surface area (Å²) in [5.74, 6) is 2.93. The van der Waals surface area contributed by atoms with E-state index in [1.54, 1.807) is 0 Å². The zero-order valence-electron chi connectivity index (χ0n) is 62.9. The molecule has 14 aromatic rings. The van der Waals surface area contributed by atoms with Crippen LogP contribution in [0.15, 0.2) is 346 Å².